The van der Waals surface area contributed by atoms with Crippen molar-refractivity contribution in [2.24, 2.45) is 11.8 Å². The lowest BCUT2D eigenvalue weighted by atomic mass is 9.83. The normalized spacial score (nSPS) is 24.8. The van der Waals surface area contributed by atoms with E-state index in [2.05, 4.69) is 4.98 Å². The molecule has 1 aliphatic heterocycles. The first kappa shape index (κ1) is 15.9. The largest absolute Gasteiger partial charge is 0.466 e. The molecule has 1 aromatic rings. The number of rotatable bonds is 4. The van der Waals surface area contributed by atoms with Gasteiger partial charge < -0.3 is 14.2 Å². The van der Waals surface area contributed by atoms with E-state index < -0.39 is 24.1 Å². The fraction of sp³-hybridized carbons (Fsp3) is 0.294. The van der Waals surface area contributed by atoms with Crippen LogP contribution in [-0.2, 0) is 23.8 Å². The van der Waals surface area contributed by atoms with Crippen LogP contribution < -0.4 is 0 Å². The summed E-state index contributed by atoms with van der Waals surface area (Å²) in [5, 5.41) is 0. The second-order valence-electron chi connectivity index (χ2n) is 5.40. The van der Waals surface area contributed by atoms with Gasteiger partial charge in [-0.25, -0.2) is 9.59 Å². The summed E-state index contributed by atoms with van der Waals surface area (Å²) in [6.07, 6.45) is 6.11. The van der Waals surface area contributed by atoms with Gasteiger partial charge in [-0.3, -0.25) is 9.78 Å². The molecule has 7 nitrogen and oxygen atoms in total. The van der Waals surface area contributed by atoms with Crippen molar-refractivity contribution < 1.29 is 28.6 Å². The fourth-order valence-corrected chi connectivity index (χ4v) is 2.96. The molecule has 124 valence electrons. The molecular weight excluding hydrogens is 314 g/mol. The molecule has 2 aliphatic rings. The molecule has 0 amide bonds. The van der Waals surface area contributed by atoms with Crippen molar-refractivity contribution in [2.75, 3.05) is 7.11 Å². The highest BCUT2D eigenvalue weighted by Crippen LogP contribution is 2.43. The lowest BCUT2D eigenvalue weighted by molar-refractivity contribution is -0.142. The number of hydrogen-bond acceptors (Lipinski definition) is 7. The number of fused-ring (bicyclic) bond motifs is 1. The average molecular weight is 329 g/mol. The van der Waals surface area contributed by atoms with Crippen LogP contribution in [-0.4, -0.2) is 36.6 Å². The molecular formula is C17H15NO6. The Labute approximate surface area is 137 Å². The molecule has 0 N–H and O–H groups in total. The van der Waals surface area contributed by atoms with Gasteiger partial charge in [-0.05, 0) is 24.1 Å². The standard InChI is InChI=1S/C17H15NO6/c1-22-16(21)13-9-23-17(14-11(8-19)2-3-12(13)14)24-15(20)10-4-6-18-7-5-10/h2,4-9,12,14,17H,3H2,1H3/t12?,14?,17-/m0/s1. The van der Waals surface area contributed by atoms with Crippen LogP contribution in [0.4, 0.5) is 0 Å². The highest BCUT2D eigenvalue weighted by Gasteiger charge is 2.46. The van der Waals surface area contributed by atoms with Crippen LogP contribution in [0.3, 0.4) is 0 Å². The molecule has 0 saturated heterocycles. The number of pyridine rings is 1. The predicted octanol–water partition coefficient (Wildman–Crippen LogP) is 1.41. The number of nitrogens with zero attached hydrogens (tertiary/aromatic N) is 1. The lowest BCUT2D eigenvalue weighted by Gasteiger charge is -2.33. The third-order valence-electron chi connectivity index (χ3n) is 4.14. The number of esters is 2. The van der Waals surface area contributed by atoms with Gasteiger partial charge in [0.15, 0.2) is 0 Å². The minimum atomic E-state index is -0.983. The van der Waals surface area contributed by atoms with Gasteiger partial charge in [0.2, 0.25) is 0 Å². The quantitative estimate of drug-likeness (QED) is 0.609. The Hall–Kier alpha value is -2.96. The molecule has 1 aromatic heterocycles. The molecule has 2 heterocycles. The summed E-state index contributed by atoms with van der Waals surface area (Å²) in [5.41, 5.74) is 1.09. The number of aldehydes is 1. The lowest BCUT2D eigenvalue weighted by Crippen LogP contribution is -2.38. The van der Waals surface area contributed by atoms with Gasteiger partial charge in [0, 0.05) is 18.3 Å². The topological polar surface area (TPSA) is 91.8 Å². The van der Waals surface area contributed by atoms with E-state index in [9.17, 15) is 14.4 Å². The molecule has 3 rings (SSSR count). The van der Waals surface area contributed by atoms with Gasteiger partial charge >= 0.3 is 11.9 Å². The first-order chi connectivity index (χ1) is 11.7. The molecule has 3 atom stereocenters. The third-order valence-corrected chi connectivity index (χ3v) is 4.14. The Kier molecular flexibility index (Phi) is 4.41. The summed E-state index contributed by atoms with van der Waals surface area (Å²) < 4.78 is 15.6. The first-order valence-corrected chi connectivity index (χ1v) is 7.35. The van der Waals surface area contributed by atoms with Crippen LogP contribution >= 0.6 is 0 Å². The summed E-state index contributed by atoms with van der Waals surface area (Å²) in [7, 11) is 1.27. The smallest absolute Gasteiger partial charge is 0.341 e. The number of carbonyl (C=O) groups is 3. The molecule has 24 heavy (non-hydrogen) atoms. The second-order valence-corrected chi connectivity index (χ2v) is 5.40. The van der Waals surface area contributed by atoms with E-state index >= 15 is 0 Å². The number of aromatic nitrogens is 1. The highest BCUT2D eigenvalue weighted by atomic mass is 16.7. The Morgan fingerprint density at radius 3 is 2.71 bits per heavy atom. The van der Waals surface area contributed by atoms with Crippen molar-refractivity contribution in [3.8, 4) is 0 Å². The van der Waals surface area contributed by atoms with Crippen molar-refractivity contribution in [1.82, 2.24) is 4.98 Å². The van der Waals surface area contributed by atoms with Crippen molar-refractivity contribution in [1.29, 1.82) is 0 Å². The number of methoxy groups -OCH3 is 1. The zero-order valence-corrected chi connectivity index (χ0v) is 12.9. The van der Waals surface area contributed by atoms with E-state index in [-0.39, 0.29) is 5.92 Å². The molecule has 7 heteroatoms. The molecule has 0 bridgehead atoms. The van der Waals surface area contributed by atoms with Crippen LogP contribution in [0.5, 0.6) is 0 Å². The summed E-state index contributed by atoms with van der Waals surface area (Å²) in [6, 6.07) is 3.03. The Morgan fingerprint density at radius 1 is 1.29 bits per heavy atom. The maximum absolute atomic E-state index is 12.2. The number of allylic oxidation sites excluding steroid dienone is 1. The Morgan fingerprint density at radius 2 is 2.04 bits per heavy atom. The van der Waals surface area contributed by atoms with Gasteiger partial charge in [-0.15, -0.1) is 0 Å². The maximum Gasteiger partial charge on any atom is 0.341 e. The highest BCUT2D eigenvalue weighted by molar-refractivity contribution is 5.91. The summed E-state index contributed by atoms with van der Waals surface area (Å²) >= 11 is 0. The van der Waals surface area contributed by atoms with Crippen LogP contribution in [0.1, 0.15) is 16.8 Å². The third kappa shape index (κ3) is 2.80. The average Bonchev–Trinajstić information content (AvgIpc) is 3.06. The number of ether oxygens (including phenoxy) is 3. The van der Waals surface area contributed by atoms with Gasteiger partial charge in [0.05, 0.1) is 30.4 Å². The monoisotopic (exact) mass is 329 g/mol. The van der Waals surface area contributed by atoms with Gasteiger partial charge in [0.25, 0.3) is 6.29 Å². The van der Waals surface area contributed by atoms with E-state index in [1.54, 1.807) is 6.08 Å². The summed E-state index contributed by atoms with van der Waals surface area (Å²) in [4.78, 5) is 39.2. The fourth-order valence-electron chi connectivity index (χ4n) is 2.96. The molecule has 0 fully saturated rings. The molecule has 0 saturated carbocycles. The van der Waals surface area contributed by atoms with E-state index in [1.807, 2.05) is 0 Å². The molecule has 0 aromatic carbocycles. The van der Waals surface area contributed by atoms with E-state index in [0.717, 1.165) is 0 Å². The molecule has 0 spiro atoms. The predicted molar refractivity (Wildman–Crippen MR) is 80.4 cm³/mol. The second kappa shape index (κ2) is 6.66. The summed E-state index contributed by atoms with van der Waals surface area (Å²) in [6.45, 7) is 0. The SMILES string of the molecule is COC(=O)C1=CO[C@@H](OC(=O)c2ccncc2)C2C(C=O)=CCC12. The zero-order valence-electron chi connectivity index (χ0n) is 12.9. The maximum atomic E-state index is 12.2. The molecule has 0 radical (unpaired) electrons. The van der Waals surface area contributed by atoms with Crippen molar-refractivity contribution in [2.45, 2.75) is 12.7 Å². The van der Waals surface area contributed by atoms with Crippen LogP contribution in [0, 0.1) is 11.8 Å². The number of hydrogen-bond donors (Lipinski definition) is 0. The van der Waals surface area contributed by atoms with Gasteiger partial charge in [-0.2, -0.15) is 0 Å². The van der Waals surface area contributed by atoms with Gasteiger partial charge in [-0.1, -0.05) is 6.08 Å². The van der Waals surface area contributed by atoms with E-state index in [4.69, 9.17) is 14.2 Å². The van der Waals surface area contributed by atoms with E-state index in [1.165, 1.54) is 37.9 Å². The van der Waals surface area contributed by atoms with Crippen LogP contribution in [0.2, 0.25) is 0 Å². The van der Waals surface area contributed by atoms with Crippen molar-refractivity contribution in [3.63, 3.8) is 0 Å². The molecule has 1 aliphatic carbocycles. The van der Waals surface area contributed by atoms with Crippen LogP contribution in [0.25, 0.3) is 0 Å². The summed E-state index contributed by atoms with van der Waals surface area (Å²) in [5.74, 6) is -1.97. The number of carbonyl (C=O) groups excluding carboxylic acids is 3. The van der Waals surface area contributed by atoms with Crippen molar-refractivity contribution in [3.05, 3.63) is 53.6 Å². The first-order valence-electron chi connectivity index (χ1n) is 7.35. The van der Waals surface area contributed by atoms with Crippen molar-refractivity contribution >= 4 is 18.2 Å². The van der Waals surface area contributed by atoms with Crippen LogP contribution in [0.15, 0.2) is 48.0 Å². The molecule has 2 unspecified atom stereocenters. The van der Waals surface area contributed by atoms with Gasteiger partial charge in [0.1, 0.15) is 6.29 Å². The minimum absolute atomic E-state index is 0.318. The minimum Gasteiger partial charge on any atom is -0.466 e. The Bertz CT molecular complexity index is 724. The zero-order chi connectivity index (χ0) is 17.1. The van der Waals surface area contributed by atoms with E-state index in [0.29, 0.717) is 29.4 Å². The Balaban J connectivity index is 1.84.